The van der Waals surface area contributed by atoms with Crippen molar-refractivity contribution in [2.75, 3.05) is 5.73 Å². The second-order valence-electron chi connectivity index (χ2n) is 2.10. The van der Waals surface area contributed by atoms with Crippen LogP contribution in [0.2, 0.25) is 0 Å². The van der Waals surface area contributed by atoms with Gasteiger partial charge in [0, 0.05) is 11.1 Å². The number of ketones is 1. The van der Waals surface area contributed by atoms with Crippen molar-refractivity contribution in [3.8, 4) is 0 Å². The van der Waals surface area contributed by atoms with E-state index in [1.54, 1.807) is 12.1 Å². The molecule has 0 atom stereocenters. The van der Waals surface area contributed by atoms with Gasteiger partial charge >= 0.3 is 0 Å². The second kappa shape index (κ2) is 1.16. The number of carbonyl (C=O) groups excluding carboxylic acids is 1. The van der Waals surface area contributed by atoms with Gasteiger partial charge in [0.1, 0.15) is 0 Å². The molecule has 2 aliphatic rings. The van der Waals surface area contributed by atoms with E-state index in [9.17, 15) is 4.79 Å². The number of anilines is 1. The minimum Gasteiger partial charge on any atom is -0.398 e. The number of fused-ring (bicyclic) bond motifs is 2. The molecule has 0 aromatic heterocycles. The van der Waals surface area contributed by atoms with Crippen molar-refractivity contribution in [1.29, 1.82) is 0 Å². The Kier molecular flexibility index (Phi) is 0.585. The van der Waals surface area contributed by atoms with Crippen LogP contribution in [0.4, 0.5) is 5.69 Å². The first-order chi connectivity index (χ1) is 4.30. The molecule has 3 rings (SSSR count). The van der Waals surface area contributed by atoms with Gasteiger partial charge in [-0.05, 0) is 12.1 Å². The van der Waals surface area contributed by atoms with Gasteiger partial charge in [0.2, 0.25) is 0 Å². The zero-order valence-corrected chi connectivity index (χ0v) is 4.72. The summed E-state index contributed by atoms with van der Waals surface area (Å²) < 4.78 is 0. The van der Waals surface area contributed by atoms with Crippen molar-refractivity contribution >= 4 is 11.5 Å². The molecule has 0 saturated heterocycles. The number of nitrogens with two attached hydrogens (primary N) is 1. The summed E-state index contributed by atoms with van der Waals surface area (Å²) in [7, 11) is 0. The van der Waals surface area contributed by atoms with Crippen molar-refractivity contribution < 1.29 is 4.79 Å². The second-order valence-corrected chi connectivity index (χ2v) is 2.10. The molecule has 0 aliphatic heterocycles. The third-order valence-electron chi connectivity index (χ3n) is 1.60. The summed E-state index contributed by atoms with van der Waals surface area (Å²) in [6, 6.07) is 5.32. The Bertz CT molecular complexity index is 267. The third kappa shape index (κ3) is 0.344. The summed E-state index contributed by atoms with van der Waals surface area (Å²) in [5.74, 6) is 0.0926. The summed E-state index contributed by atoms with van der Waals surface area (Å²) >= 11 is 0. The SMILES string of the molecule is Nc1c2cccc1C2=O. The quantitative estimate of drug-likeness (QED) is 0.521. The molecule has 0 saturated carbocycles. The van der Waals surface area contributed by atoms with E-state index in [0.29, 0.717) is 16.8 Å². The summed E-state index contributed by atoms with van der Waals surface area (Å²) in [4.78, 5) is 10.8. The van der Waals surface area contributed by atoms with Crippen LogP contribution in [0.15, 0.2) is 18.2 Å². The van der Waals surface area contributed by atoms with E-state index in [0.717, 1.165) is 0 Å². The van der Waals surface area contributed by atoms with Crippen molar-refractivity contribution in [2.24, 2.45) is 0 Å². The maximum Gasteiger partial charge on any atom is 0.197 e. The summed E-state index contributed by atoms with van der Waals surface area (Å²) in [5.41, 5.74) is 7.46. The van der Waals surface area contributed by atoms with E-state index in [4.69, 9.17) is 5.73 Å². The molecule has 0 radical (unpaired) electrons. The zero-order valence-electron chi connectivity index (χ0n) is 4.72. The first kappa shape index (κ1) is 4.56. The fourth-order valence-corrected chi connectivity index (χ4v) is 1.04. The molecule has 0 fully saturated rings. The molecular weight excluding hydrogens is 114 g/mol. The van der Waals surface area contributed by atoms with Crippen LogP contribution >= 0.6 is 0 Å². The number of carbonyl (C=O) groups is 1. The van der Waals surface area contributed by atoms with Gasteiger partial charge in [0.15, 0.2) is 5.78 Å². The molecule has 0 heterocycles. The van der Waals surface area contributed by atoms with Gasteiger partial charge in [-0.2, -0.15) is 0 Å². The highest BCUT2D eigenvalue weighted by atomic mass is 16.1. The van der Waals surface area contributed by atoms with Crippen molar-refractivity contribution in [3.63, 3.8) is 0 Å². The van der Waals surface area contributed by atoms with E-state index < -0.39 is 0 Å². The normalized spacial score (nSPS) is 13.1. The van der Waals surface area contributed by atoms with E-state index in [1.807, 2.05) is 6.07 Å². The molecule has 1 aromatic carbocycles. The number of benzene rings is 1. The number of para-hydroxylation sites is 1. The van der Waals surface area contributed by atoms with Gasteiger partial charge < -0.3 is 5.73 Å². The molecule has 2 nitrogen and oxygen atoms in total. The molecular formula is C7H5NO. The molecule has 2 bridgehead atoms. The van der Waals surface area contributed by atoms with Crippen LogP contribution in [0.3, 0.4) is 0 Å². The van der Waals surface area contributed by atoms with Gasteiger partial charge in [-0.25, -0.2) is 0 Å². The maximum atomic E-state index is 10.8. The van der Waals surface area contributed by atoms with E-state index in [2.05, 4.69) is 0 Å². The lowest BCUT2D eigenvalue weighted by molar-refractivity contribution is 0.102. The largest absolute Gasteiger partial charge is 0.398 e. The Hall–Kier alpha value is -1.31. The van der Waals surface area contributed by atoms with Gasteiger partial charge in [-0.1, -0.05) is 6.07 Å². The van der Waals surface area contributed by atoms with Gasteiger partial charge in [0.25, 0.3) is 0 Å². The lowest BCUT2D eigenvalue weighted by Crippen LogP contribution is -2.18. The van der Waals surface area contributed by atoms with Gasteiger partial charge in [0.05, 0.1) is 5.69 Å². The predicted octanol–water partition coefficient (Wildman–Crippen LogP) is 0.813. The molecule has 0 spiro atoms. The standard InChI is InChI=1S/C7H5NO/c8-6-4-2-1-3-5(6)7(4)9/h1-3H,8H2. The van der Waals surface area contributed by atoms with E-state index >= 15 is 0 Å². The Morgan fingerprint density at radius 1 is 1.22 bits per heavy atom. The van der Waals surface area contributed by atoms with Crippen LogP contribution in [-0.4, -0.2) is 5.78 Å². The van der Waals surface area contributed by atoms with Gasteiger partial charge in [-0.15, -0.1) is 0 Å². The Morgan fingerprint density at radius 2 is 1.78 bits per heavy atom. The molecule has 2 aliphatic carbocycles. The highest BCUT2D eigenvalue weighted by molar-refractivity contribution is 6.24. The van der Waals surface area contributed by atoms with Gasteiger partial charge in [-0.3, -0.25) is 4.79 Å². The van der Waals surface area contributed by atoms with E-state index in [1.165, 1.54) is 0 Å². The first-order valence-corrected chi connectivity index (χ1v) is 2.74. The summed E-state index contributed by atoms with van der Waals surface area (Å²) in [6.45, 7) is 0. The van der Waals surface area contributed by atoms with Crippen LogP contribution in [0.5, 0.6) is 0 Å². The van der Waals surface area contributed by atoms with Crippen LogP contribution < -0.4 is 5.73 Å². The highest BCUT2D eigenvalue weighted by Gasteiger charge is 2.25. The predicted molar refractivity (Wildman–Crippen MR) is 34.3 cm³/mol. The minimum absolute atomic E-state index is 0.0926. The Morgan fingerprint density at radius 3 is 2.00 bits per heavy atom. The number of rotatable bonds is 0. The monoisotopic (exact) mass is 119 g/mol. The average Bonchev–Trinajstić information content (AvgIpc) is 1.91. The Labute approximate surface area is 52.3 Å². The lowest BCUT2D eigenvalue weighted by atomic mass is 9.88. The molecule has 1 aromatic rings. The van der Waals surface area contributed by atoms with E-state index in [-0.39, 0.29) is 5.78 Å². The fourth-order valence-electron chi connectivity index (χ4n) is 1.04. The van der Waals surface area contributed by atoms with Crippen molar-refractivity contribution in [3.05, 3.63) is 29.3 Å². The molecule has 9 heavy (non-hydrogen) atoms. The molecule has 0 unspecified atom stereocenters. The van der Waals surface area contributed by atoms with Crippen LogP contribution in [0.25, 0.3) is 0 Å². The maximum absolute atomic E-state index is 10.8. The minimum atomic E-state index is 0.0926. The Balaban J connectivity index is 2.81. The molecule has 44 valence electrons. The van der Waals surface area contributed by atoms with Crippen LogP contribution in [-0.2, 0) is 0 Å². The average molecular weight is 119 g/mol. The molecule has 0 amide bonds. The number of nitrogen functional groups attached to an aromatic ring is 1. The number of hydrogen-bond acceptors (Lipinski definition) is 2. The molecule has 2 heteroatoms. The van der Waals surface area contributed by atoms with Crippen molar-refractivity contribution in [1.82, 2.24) is 0 Å². The third-order valence-corrected chi connectivity index (χ3v) is 1.60. The molecule has 2 N–H and O–H groups in total. The zero-order chi connectivity index (χ0) is 6.43. The fraction of sp³-hybridized carbons (Fsp3) is 0. The topological polar surface area (TPSA) is 43.1 Å². The summed E-state index contributed by atoms with van der Waals surface area (Å²) in [5, 5.41) is 0. The van der Waals surface area contributed by atoms with Crippen molar-refractivity contribution in [2.45, 2.75) is 0 Å². The van der Waals surface area contributed by atoms with Crippen LogP contribution in [0, 0.1) is 0 Å². The number of hydrogen-bond donors (Lipinski definition) is 1. The van der Waals surface area contributed by atoms with Crippen LogP contribution in [0.1, 0.15) is 15.9 Å². The smallest absolute Gasteiger partial charge is 0.197 e. The first-order valence-electron chi connectivity index (χ1n) is 2.74. The highest BCUT2D eigenvalue weighted by Crippen LogP contribution is 2.30. The summed E-state index contributed by atoms with van der Waals surface area (Å²) in [6.07, 6.45) is 0. The lowest BCUT2D eigenvalue weighted by Gasteiger charge is -2.16.